The standard InChI is InChI=1S/C18H24N4/c1-12-4-5-15(8-13(12)2)9-21-10-16-6-7-18-20-19-14(3)22(18)17(16)11-21/h4-5,8,16-17H,6-7,9-11H2,1-3H3/t16-,17+/m1/s1. The summed E-state index contributed by atoms with van der Waals surface area (Å²) < 4.78 is 2.40. The fraction of sp³-hybridized carbons (Fsp3) is 0.556. The van der Waals surface area contributed by atoms with E-state index in [1.807, 2.05) is 0 Å². The fourth-order valence-corrected chi connectivity index (χ4v) is 4.14. The molecule has 0 radical (unpaired) electrons. The van der Waals surface area contributed by atoms with Crippen molar-refractivity contribution in [2.24, 2.45) is 5.92 Å². The molecule has 2 aliphatic rings. The zero-order chi connectivity index (χ0) is 15.3. The molecule has 0 bridgehead atoms. The molecule has 4 heteroatoms. The average Bonchev–Trinajstić information content (AvgIpc) is 3.06. The van der Waals surface area contributed by atoms with Crippen LogP contribution in [0.25, 0.3) is 0 Å². The summed E-state index contributed by atoms with van der Waals surface area (Å²) in [6.07, 6.45) is 2.34. The highest BCUT2D eigenvalue weighted by atomic mass is 15.3. The molecule has 1 aromatic carbocycles. The lowest BCUT2D eigenvalue weighted by Crippen LogP contribution is -2.26. The molecule has 2 aliphatic heterocycles. The van der Waals surface area contributed by atoms with Gasteiger partial charge < -0.3 is 4.57 Å². The minimum absolute atomic E-state index is 0.574. The third kappa shape index (κ3) is 2.26. The van der Waals surface area contributed by atoms with Crippen LogP contribution in [0, 0.1) is 26.7 Å². The van der Waals surface area contributed by atoms with E-state index in [-0.39, 0.29) is 0 Å². The minimum Gasteiger partial charge on any atom is -0.310 e. The maximum absolute atomic E-state index is 4.34. The van der Waals surface area contributed by atoms with E-state index in [0.29, 0.717) is 6.04 Å². The van der Waals surface area contributed by atoms with Crippen LogP contribution in [-0.2, 0) is 13.0 Å². The van der Waals surface area contributed by atoms with Crippen molar-refractivity contribution >= 4 is 0 Å². The Hall–Kier alpha value is -1.68. The molecule has 0 saturated carbocycles. The van der Waals surface area contributed by atoms with E-state index in [1.165, 1.54) is 35.5 Å². The van der Waals surface area contributed by atoms with Gasteiger partial charge in [0, 0.05) is 26.1 Å². The number of aryl methyl sites for hydroxylation is 4. The largest absolute Gasteiger partial charge is 0.310 e. The lowest BCUT2D eigenvalue weighted by Gasteiger charge is -2.27. The van der Waals surface area contributed by atoms with Gasteiger partial charge in [-0.15, -0.1) is 10.2 Å². The molecule has 2 atom stereocenters. The van der Waals surface area contributed by atoms with E-state index in [1.54, 1.807) is 0 Å². The van der Waals surface area contributed by atoms with Crippen molar-refractivity contribution < 1.29 is 0 Å². The number of nitrogens with zero attached hydrogens (tertiary/aromatic N) is 4. The van der Waals surface area contributed by atoms with Crippen molar-refractivity contribution in [3.05, 3.63) is 46.5 Å². The normalized spacial score (nSPS) is 24.3. The molecule has 1 aromatic heterocycles. The van der Waals surface area contributed by atoms with Gasteiger partial charge in [-0.25, -0.2) is 0 Å². The minimum atomic E-state index is 0.574. The summed E-state index contributed by atoms with van der Waals surface area (Å²) in [5.74, 6) is 3.03. The number of rotatable bonds is 2. The Bertz CT molecular complexity index is 703. The van der Waals surface area contributed by atoms with Gasteiger partial charge in [0.05, 0.1) is 6.04 Å². The molecule has 0 spiro atoms. The zero-order valence-corrected chi connectivity index (χ0v) is 13.7. The molecule has 0 amide bonds. The second-order valence-electron chi connectivity index (χ2n) is 7.01. The van der Waals surface area contributed by atoms with Crippen LogP contribution in [0.5, 0.6) is 0 Å². The number of fused-ring (bicyclic) bond motifs is 3. The molecule has 22 heavy (non-hydrogen) atoms. The van der Waals surface area contributed by atoms with E-state index < -0.39 is 0 Å². The predicted molar refractivity (Wildman–Crippen MR) is 86.8 cm³/mol. The van der Waals surface area contributed by atoms with Gasteiger partial charge in [0.2, 0.25) is 0 Å². The topological polar surface area (TPSA) is 34.0 Å². The summed E-state index contributed by atoms with van der Waals surface area (Å²) in [6, 6.07) is 7.44. The van der Waals surface area contributed by atoms with Crippen molar-refractivity contribution in [3.8, 4) is 0 Å². The second-order valence-corrected chi connectivity index (χ2v) is 7.01. The summed E-state index contributed by atoms with van der Waals surface area (Å²) in [7, 11) is 0. The molecule has 2 aromatic rings. The SMILES string of the molecule is Cc1ccc(CN2C[C@H]3CCc4nnc(C)n4[C@H]3C2)cc1C. The van der Waals surface area contributed by atoms with Gasteiger partial charge in [0.15, 0.2) is 0 Å². The van der Waals surface area contributed by atoms with Gasteiger partial charge in [0.25, 0.3) is 0 Å². The van der Waals surface area contributed by atoms with Gasteiger partial charge in [-0.2, -0.15) is 0 Å². The van der Waals surface area contributed by atoms with E-state index in [2.05, 4.69) is 58.6 Å². The molecule has 116 valence electrons. The summed E-state index contributed by atoms with van der Waals surface area (Å²) in [5, 5.41) is 8.62. The third-order valence-electron chi connectivity index (χ3n) is 5.47. The Morgan fingerprint density at radius 2 is 1.95 bits per heavy atom. The molecule has 1 fully saturated rings. The van der Waals surface area contributed by atoms with Crippen LogP contribution in [0.15, 0.2) is 18.2 Å². The van der Waals surface area contributed by atoms with Crippen LogP contribution in [0.2, 0.25) is 0 Å². The maximum atomic E-state index is 4.34. The highest BCUT2D eigenvalue weighted by Crippen LogP contribution is 2.37. The van der Waals surface area contributed by atoms with Gasteiger partial charge in [-0.05, 0) is 49.8 Å². The van der Waals surface area contributed by atoms with Crippen LogP contribution in [0.1, 0.15) is 40.8 Å². The Labute approximate surface area is 132 Å². The zero-order valence-electron chi connectivity index (χ0n) is 13.7. The summed E-state index contributed by atoms with van der Waals surface area (Å²) >= 11 is 0. The quantitative estimate of drug-likeness (QED) is 0.854. The summed E-state index contributed by atoms with van der Waals surface area (Å²) in [6.45, 7) is 9.86. The van der Waals surface area contributed by atoms with Crippen molar-refractivity contribution in [1.82, 2.24) is 19.7 Å². The molecule has 0 N–H and O–H groups in total. The Morgan fingerprint density at radius 1 is 1.09 bits per heavy atom. The second kappa shape index (κ2) is 5.20. The van der Waals surface area contributed by atoms with Crippen LogP contribution < -0.4 is 0 Å². The lowest BCUT2D eigenvalue weighted by atomic mass is 9.94. The van der Waals surface area contributed by atoms with E-state index in [4.69, 9.17) is 0 Å². The highest BCUT2D eigenvalue weighted by molar-refractivity contribution is 5.30. The molecule has 4 nitrogen and oxygen atoms in total. The number of hydrogen-bond donors (Lipinski definition) is 0. The highest BCUT2D eigenvalue weighted by Gasteiger charge is 2.38. The summed E-state index contributed by atoms with van der Waals surface area (Å²) in [5.41, 5.74) is 4.21. The van der Waals surface area contributed by atoms with Crippen LogP contribution >= 0.6 is 0 Å². The average molecular weight is 296 g/mol. The number of benzene rings is 1. The first-order valence-corrected chi connectivity index (χ1v) is 8.30. The number of hydrogen-bond acceptors (Lipinski definition) is 3. The van der Waals surface area contributed by atoms with Crippen LogP contribution in [0.4, 0.5) is 0 Å². The Morgan fingerprint density at radius 3 is 2.77 bits per heavy atom. The molecule has 0 aliphatic carbocycles. The van der Waals surface area contributed by atoms with E-state index in [0.717, 1.165) is 31.3 Å². The first-order chi connectivity index (χ1) is 10.6. The van der Waals surface area contributed by atoms with Crippen LogP contribution in [-0.4, -0.2) is 32.8 Å². The van der Waals surface area contributed by atoms with Crippen molar-refractivity contribution in [2.75, 3.05) is 13.1 Å². The van der Waals surface area contributed by atoms with Gasteiger partial charge in [0.1, 0.15) is 11.6 Å². The van der Waals surface area contributed by atoms with Gasteiger partial charge in [-0.3, -0.25) is 4.90 Å². The van der Waals surface area contributed by atoms with Crippen molar-refractivity contribution in [1.29, 1.82) is 0 Å². The van der Waals surface area contributed by atoms with Crippen molar-refractivity contribution in [3.63, 3.8) is 0 Å². The molecule has 3 heterocycles. The van der Waals surface area contributed by atoms with Gasteiger partial charge >= 0.3 is 0 Å². The number of aromatic nitrogens is 3. The third-order valence-corrected chi connectivity index (χ3v) is 5.47. The molecule has 4 rings (SSSR count). The molecular formula is C18H24N4. The van der Waals surface area contributed by atoms with Crippen LogP contribution in [0.3, 0.4) is 0 Å². The smallest absolute Gasteiger partial charge is 0.133 e. The first kappa shape index (κ1) is 13.9. The molecular weight excluding hydrogens is 272 g/mol. The predicted octanol–water partition coefficient (Wildman–Crippen LogP) is 2.82. The number of likely N-dealkylation sites (tertiary alicyclic amines) is 1. The van der Waals surface area contributed by atoms with E-state index >= 15 is 0 Å². The van der Waals surface area contributed by atoms with Crippen molar-refractivity contribution in [2.45, 2.75) is 46.2 Å². The lowest BCUT2D eigenvalue weighted by molar-refractivity contribution is 0.313. The Kier molecular flexibility index (Phi) is 3.30. The van der Waals surface area contributed by atoms with Gasteiger partial charge in [-0.1, -0.05) is 18.2 Å². The fourth-order valence-electron chi connectivity index (χ4n) is 4.14. The monoisotopic (exact) mass is 296 g/mol. The molecule has 0 unspecified atom stereocenters. The maximum Gasteiger partial charge on any atom is 0.133 e. The first-order valence-electron chi connectivity index (χ1n) is 8.30. The summed E-state index contributed by atoms with van der Waals surface area (Å²) in [4.78, 5) is 2.61. The molecule has 1 saturated heterocycles. The van der Waals surface area contributed by atoms with E-state index in [9.17, 15) is 0 Å². The Balaban J connectivity index is 1.53.